The number of aromatic nitrogens is 4. The van der Waals surface area contributed by atoms with E-state index < -0.39 is 0 Å². The molecule has 2 N–H and O–H groups in total. The average Bonchev–Trinajstić information content (AvgIpc) is 3.25. The number of hydrogen-bond donors (Lipinski definition) is 2. The van der Waals surface area contributed by atoms with Gasteiger partial charge in [-0.1, -0.05) is 18.2 Å². The van der Waals surface area contributed by atoms with Crippen LogP contribution in [0.1, 0.15) is 41.7 Å². The summed E-state index contributed by atoms with van der Waals surface area (Å²) in [4.78, 5) is 13.7. The molecular formula is C20H20N6O2S2. The summed E-state index contributed by atoms with van der Waals surface area (Å²) < 4.78 is 1.56. The second-order valence-electron chi connectivity index (χ2n) is 6.92. The number of tetrazole rings is 1. The number of rotatable bonds is 6. The number of phenols is 1. The van der Waals surface area contributed by atoms with Crippen molar-refractivity contribution >= 4 is 34.0 Å². The zero-order valence-corrected chi connectivity index (χ0v) is 17.8. The molecule has 2 heterocycles. The monoisotopic (exact) mass is 440 g/mol. The summed E-state index contributed by atoms with van der Waals surface area (Å²) in [7, 11) is 0. The minimum atomic E-state index is -0.126. The van der Waals surface area contributed by atoms with Crippen molar-refractivity contribution < 1.29 is 9.90 Å². The summed E-state index contributed by atoms with van der Waals surface area (Å²) in [6.45, 7) is 0. The second-order valence-corrected chi connectivity index (χ2v) is 9.08. The molecule has 0 unspecified atom stereocenters. The van der Waals surface area contributed by atoms with Crippen molar-refractivity contribution in [3.05, 3.63) is 40.3 Å². The lowest BCUT2D eigenvalue weighted by molar-refractivity contribution is -0.115. The predicted molar refractivity (Wildman–Crippen MR) is 115 cm³/mol. The Morgan fingerprint density at radius 3 is 2.87 bits per heavy atom. The number of aromatic hydroxyl groups is 1. The first-order valence-corrected chi connectivity index (χ1v) is 11.5. The third-order valence-corrected chi connectivity index (χ3v) is 7.01. The molecule has 2 aromatic heterocycles. The minimum Gasteiger partial charge on any atom is -0.508 e. The lowest BCUT2D eigenvalue weighted by Crippen LogP contribution is -2.12. The van der Waals surface area contributed by atoms with Gasteiger partial charge in [0.15, 0.2) is 0 Å². The Hall–Kier alpha value is -2.90. The van der Waals surface area contributed by atoms with Crippen molar-refractivity contribution in [3.63, 3.8) is 0 Å². The fourth-order valence-corrected chi connectivity index (χ4v) is 5.48. The number of nitriles is 1. The van der Waals surface area contributed by atoms with Crippen LogP contribution in [0.25, 0.3) is 5.69 Å². The molecule has 1 amide bonds. The van der Waals surface area contributed by atoms with Crippen LogP contribution in [0.2, 0.25) is 0 Å². The standard InChI is InChI=1S/C20H20N6O2S2/c21-12-16-15-4-2-1-3-5-17(15)30-19(16)22-18(28)10-11-29-20-23-24-25-26(20)13-6-8-14(27)9-7-13/h6-9,27H,1-5,10-11H2,(H,22,28). The highest BCUT2D eigenvalue weighted by molar-refractivity contribution is 7.99. The van der Waals surface area contributed by atoms with Crippen LogP contribution in [-0.4, -0.2) is 37.0 Å². The van der Waals surface area contributed by atoms with Crippen molar-refractivity contribution in [2.24, 2.45) is 0 Å². The van der Waals surface area contributed by atoms with Crippen molar-refractivity contribution in [1.82, 2.24) is 20.2 Å². The Balaban J connectivity index is 1.36. The molecule has 0 bridgehead atoms. The Bertz CT molecular complexity index is 1080. The second kappa shape index (κ2) is 9.28. The number of anilines is 1. The molecule has 154 valence electrons. The van der Waals surface area contributed by atoms with E-state index in [4.69, 9.17) is 0 Å². The molecule has 0 saturated carbocycles. The number of benzene rings is 1. The highest BCUT2D eigenvalue weighted by atomic mass is 32.2. The first-order chi connectivity index (χ1) is 14.7. The van der Waals surface area contributed by atoms with Crippen LogP contribution in [0, 0.1) is 11.3 Å². The summed E-state index contributed by atoms with van der Waals surface area (Å²) in [6, 6.07) is 8.85. The lowest BCUT2D eigenvalue weighted by atomic mass is 10.1. The third kappa shape index (κ3) is 4.47. The van der Waals surface area contributed by atoms with Crippen LogP contribution in [0.5, 0.6) is 5.75 Å². The zero-order valence-electron chi connectivity index (χ0n) is 16.2. The molecule has 0 aliphatic heterocycles. The molecule has 0 radical (unpaired) electrons. The average molecular weight is 441 g/mol. The summed E-state index contributed by atoms with van der Waals surface area (Å²) in [5.41, 5.74) is 2.48. The molecule has 8 nitrogen and oxygen atoms in total. The lowest BCUT2D eigenvalue weighted by Gasteiger charge is -2.05. The third-order valence-electron chi connectivity index (χ3n) is 4.88. The molecule has 30 heavy (non-hydrogen) atoms. The zero-order chi connectivity index (χ0) is 20.9. The van der Waals surface area contributed by atoms with E-state index in [9.17, 15) is 15.2 Å². The molecule has 1 aliphatic carbocycles. The maximum absolute atomic E-state index is 12.5. The highest BCUT2D eigenvalue weighted by Crippen LogP contribution is 2.37. The van der Waals surface area contributed by atoms with Gasteiger partial charge in [-0.15, -0.1) is 16.4 Å². The van der Waals surface area contributed by atoms with Crippen LogP contribution >= 0.6 is 23.1 Å². The maximum atomic E-state index is 12.5. The minimum absolute atomic E-state index is 0.126. The van der Waals surface area contributed by atoms with Gasteiger partial charge in [-0.05, 0) is 65.9 Å². The molecule has 4 rings (SSSR count). The molecule has 0 spiro atoms. The van der Waals surface area contributed by atoms with Crippen molar-refractivity contribution in [1.29, 1.82) is 5.26 Å². The van der Waals surface area contributed by atoms with Gasteiger partial charge in [0.25, 0.3) is 0 Å². The molecule has 0 fully saturated rings. The van der Waals surface area contributed by atoms with E-state index in [1.807, 2.05) is 0 Å². The summed E-state index contributed by atoms with van der Waals surface area (Å²) in [5.74, 6) is 0.538. The van der Waals surface area contributed by atoms with Gasteiger partial charge in [-0.2, -0.15) is 9.94 Å². The maximum Gasteiger partial charge on any atom is 0.225 e. The van der Waals surface area contributed by atoms with Crippen LogP contribution in [0.15, 0.2) is 29.4 Å². The van der Waals surface area contributed by atoms with E-state index >= 15 is 0 Å². The van der Waals surface area contributed by atoms with E-state index in [0.717, 1.165) is 36.9 Å². The molecule has 1 aromatic carbocycles. The van der Waals surface area contributed by atoms with Gasteiger partial charge in [0.2, 0.25) is 11.1 Å². The Kier molecular flexibility index (Phi) is 6.30. The van der Waals surface area contributed by atoms with E-state index in [1.54, 1.807) is 40.3 Å². The van der Waals surface area contributed by atoms with Gasteiger partial charge in [0, 0.05) is 17.1 Å². The van der Waals surface area contributed by atoms with Crippen molar-refractivity contribution in [2.75, 3.05) is 11.1 Å². The van der Waals surface area contributed by atoms with E-state index in [-0.39, 0.29) is 18.1 Å². The van der Waals surface area contributed by atoms with Crippen molar-refractivity contribution in [2.45, 2.75) is 43.7 Å². The number of thioether (sulfide) groups is 1. The van der Waals surface area contributed by atoms with Gasteiger partial charge in [0.05, 0.1) is 11.3 Å². The molecule has 3 aromatic rings. The quantitative estimate of drug-likeness (QED) is 0.443. The van der Waals surface area contributed by atoms with Gasteiger partial charge < -0.3 is 10.4 Å². The van der Waals surface area contributed by atoms with Gasteiger partial charge in [0.1, 0.15) is 16.8 Å². The number of carbonyl (C=O) groups excluding carboxylic acids is 1. The summed E-state index contributed by atoms with van der Waals surface area (Å²) in [6.07, 6.45) is 5.60. The number of thiophene rings is 1. The van der Waals surface area contributed by atoms with Gasteiger partial charge in [-0.25, -0.2) is 0 Å². The number of hydrogen-bond acceptors (Lipinski definition) is 8. The molecule has 1 aliphatic rings. The molecular weight excluding hydrogens is 420 g/mol. The number of amides is 1. The SMILES string of the molecule is N#Cc1c(NC(=O)CCSc2nnnn2-c2ccc(O)cc2)sc2c1CCCCC2. The summed E-state index contributed by atoms with van der Waals surface area (Å²) in [5, 5.41) is 34.8. The van der Waals surface area contributed by atoms with Gasteiger partial charge >= 0.3 is 0 Å². The van der Waals surface area contributed by atoms with Crippen LogP contribution < -0.4 is 5.32 Å². The Morgan fingerprint density at radius 1 is 1.27 bits per heavy atom. The topological polar surface area (TPSA) is 117 Å². The number of fused-ring (bicyclic) bond motifs is 1. The number of carbonyl (C=O) groups is 1. The molecule has 10 heteroatoms. The number of nitrogens with zero attached hydrogens (tertiary/aromatic N) is 5. The number of aryl methyl sites for hydroxylation is 1. The Morgan fingerprint density at radius 2 is 2.07 bits per heavy atom. The van der Waals surface area contributed by atoms with Crippen molar-refractivity contribution in [3.8, 4) is 17.5 Å². The first-order valence-electron chi connectivity index (χ1n) is 9.71. The van der Waals surface area contributed by atoms with Crippen LogP contribution in [0.3, 0.4) is 0 Å². The first kappa shape index (κ1) is 20.4. The fourth-order valence-electron chi connectivity index (χ4n) is 3.40. The van der Waals surface area contributed by atoms with E-state index in [2.05, 4.69) is 26.9 Å². The highest BCUT2D eigenvalue weighted by Gasteiger charge is 2.21. The largest absolute Gasteiger partial charge is 0.508 e. The van der Waals surface area contributed by atoms with Crippen LogP contribution in [0.4, 0.5) is 5.00 Å². The van der Waals surface area contributed by atoms with E-state index in [1.165, 1.54) is 23.1 Å². The summed E-state index contributed by atoms with van der Waals surface area (Å²) >= 11 is 2.92. The smallest absolute Gasteiger partial charge is 0.225 e. The fraction of sp³-hybridized carbons (Fsp3) is 0.350. The predicted octanol–water partition coefficient (Wildman–Crippen LogP) is 3.69. The van der Waals surface area contributed by atoms with Crippen LogP contribution in [-0.2, 0) is 17.6 Å². The molecule has 0 atom stereocenters. The number of phenolic OH excluding ortho intramolecular Hbond substituents is 1. The normalized spacial score (nSPS) is 13.3. The number of nitrogens with one attached hydrogen (secondary N) is 1. The van der Waals surface area contributed by atoms with Gasteiger partial charge in [-0.3, -0.25) is 4.79 Å². The Labute approximate surface area is 181 Å². The van der Waals surface area contributed by atoms with E-state index in [0.29, 0.717) is 21.5 Å². The molecule has 0 saturated heterocycles.